The van der Waals surface area contributed by atoms with Gasteiger partial charge in [-0.15, -0.1) is 0 Å². The lowest BCUT2D eigenvalue weighted by atomic mass is 10.2. The molecule has 1 heterocycles. The highest BCUT2D eigenvalue weighted by Crippen LogP contribution is 2.13. The van der Waals surface area contributed by atoms with E-state index in [1.54, 1.807) is 7.05 Å². The zero-order chi connectivity index (χ0) is 11.3. The van der Waals surface area contributed by atoms with Gasteiger partial charge in [0, 0.05) is 13.1 Å². The standard InChI is InChI=1S/C10H17FN4/c1-4-5-7(2)14-9-8(11)6-13-10(12-3)15-9/h6-7H,4-5H2,1-3H3,(H2,12,13,14,15). The molecular weight excluding hydrogens is 195 g/mol. The van der Waals surface area contributed by atoms with Crippen molar-refractivity contribution in [1.29, 1.82) is 0 Å². The highest BCUT2D eigenvalue weighted by Gasteiger charge is 2.08. The molecule has 0 bridgehead atoms. The van der Waals surface area contributed by atoms with Gasteiger partial charge in [-0.1, -0.05) is 13.3 Å². The summed E-state index contributed by atoms with van der Waals surface area (Å²) < 4.78 is 13.3. The molecule has 0 radical (unpaired) electrons. The van der Waals surface area contributed by atoms with E-state index < -0.39 is 5.82 Å². The van der Waals surface area contributed by atoms with Gasteiger partial charge in [0.05, 0.1) is 6.20 Å². The highest BCUT2D eigenvalue weighted by atomic mass is 19.1. The molecule has 0 amide bonds. The average Bonchev–Trinajstić information content (AvgIpc) is 2.21. The summed E-state index contributed by atoms with van der Waals surface area (Å²) in [6, 6.07) is 0.212. The number of nitrogens with one attached hydrogen (secondary N) is 2. The third-order valence-corrected chi connectivity index (χ3v) is 2.07. The van der Waals surface area contributed by atoms with Crippen LogP contribution in [0.3, 0.4) is 0 Å². The number of hydrogen-bond acceptors (Lipinski definition) is 4. The topological polar surface area (TPSA) is 49.8 Å². The lowest BCUT2D eigenvalue weighted by Crippen LogP contribution is -2.17. The molecule has 15 heavy (non-hydrogen) atoms. The van der Waals surface area contributed by atoms with E-state index in [1.165, 1.54) is 6.20 Å². The Labute approximate surface area is 89.3 Å². The van der Waals surface area contributed by atoms with Crippen LogP contribution >= 0.6 is 0 Å². The number of rotatable bonds is 5. The molecule has 2 N–H and O–H groups in total. The molecule has 0 fully saturated rings. The van der Waals surface area contributed by atoms with Gasteiger partial charge in [-0.05, 0) is 13.3 Å². The fraction of sp³-hybridized carbons (Fsp3) is 0.600. The monoisotopic (exact) mass is 212 g/mol. The number of anilines is 2. The van der Waals surface area contributed by atoms with Gasteiger partial charge in [0.15, 0.2) is 11.6 Å². The molecule has 5 heteroatoms. The van der Waals surface area contributed by atoms with Crippen LogP contribution in [0.4, 0.5) is 16.2 Å². The SMILES string of the molecule is CCCC(C)Nc1nc(NC)ncc1F. The minimum absolute atomic E-state index is 0.212. The maximum absolute atomic E-state index is 13.3. The number of hydrogen-bond donors (Lipinski definition) is 2. The van der Waals surface area contributed by atoms with Crippen LogP contribution in [0.15, 0.2) is 6.20 Å². The molecular formula is C10H17FN4. The molecule has 1 unspecified atom stereocenters. The lowest BCUT2D eigenvalue weighted by molar-refractivity contribution is 0.607. The Morgan fingerprint density at radius 3 is 2.87 bits per heavy atom. The zero-order valence-electron chi connectivity index (χ0n) is 9.34. The van der Waals surface area contributed by atoms with Crippen molar-refractivity contribution in [3.05, 3.63) is 12.0 Å². The Bertz CT molecular complexity index is 316. The number of aromatic nitrogens is 2. The largest absolute Gasteiger partial charge is 0.365 e. The quantitative estimate of drug-likeness (QED) is 0.786. The molecule has 4 nitrogen and oxygen atoms in total. The van der Waals surface area contributed by atoms with Crippen molar-refractivity contribution in [2.45, 2.75) is 32.7 Å². The van der Waals surface area contributed by atoms with Crippen LogP contribution in [0.2, 0.25) is 0 Å². The maximum atomic E-state index is 13.3. The van der Waals surface area contributed by atoms with E-state index >= 15 is 0 Å². The van der Waals surface area contributed by atoms with Crippen LogP contribution in [-0.2, 0) is 0 Å². The van der Waals surface area contributed by atoms with Crippen molar-refractivity contribution < 1.29 is 4.39 Å². The molecule has 0 aliphatic heterocycles. The summed E-state index contributed by atoms with van der Waals surface area (Å²) in [7, 11) is 1.70. The van der Waals surface area contributed by atoms with Crippen LogP contribution in [0.25, 0.3) is 0 Å². The number of halogens is 1. The van der Waals surface area contributed by atoms with Crippen molar-refractivity contribution in [3.63, 3.8) is 0 Å². The Morgan fingerprint density at radius 1 is 1.53 bits per heavy atom. The Hall–Kier alpha value is -1.39. The third-order valence-electron chi connectivity index (χ3n) is 2.07. The van der Waals surface area contributed by atoms with Crippen LogP contribution < -0.4 is 10.6 Å². The summed E-state index contributed by atoms with van der Waals surface area (Å²) in [4.78, 5) is 7.78. The minimum Gasteiger partial charge on any atom is -0.365 e. The van der Waals surface area contributed by atoms with Gasteiger partial charge in [0.1, 0.15) is 0 Å². The molecule has 1 aromatic rings. The lowest BCUT2D eigenvalue weighted by Gasteiger charge is -2.14. The van der Waals surface area contributed by atoms with Crippen molar-refractivity contribution in [2.24, 2.45) is 0 Å². The normalized spacial score (nSPS) is 12.3. The predicted molar refractivity (Wildman–Crippen MR) is 59.5 cm³/mol. The third kappa shape index (κ3) is 3.34. The van der Waals surface area contributed by atoms with Crippen molar-refractivity contribution in [3.8, 4) is 0 Å². The summed E-state index contributed by atoms with van der Waals surface area (Å²) in [6.45, 7) is 4.09. The van der Waals surface area contributed by atoms with Gasteiger partial charge in [0.25, 0.3) is 0 Å². The molecule has 0 aliphatic rings. The van der Waals surface area contributed by atoms with Crippen LogP contribution in [0, 0.1) is 5.82 Å². The molecule has 0 saturated heterocycles. The summed E-state index contributed by atoms with van der Waals surface area (Å²) >= 11 is 0. The summed E-state index contributed by atoms with van der Waals surface area (Å²) in [5, 5.41) is 5.79. The first-order valence-corrected chi connectivity index (χ1v) is 5.14. The average molecular weight is 212 g/mol. The fourth-order valence-corrected chi connectivity index (χ4v) is 1.33. The van der Waals surface area contributed by atoms with Gasteiger partial charge in [-0.2, -0.15) is 4.98 Å². The van der Waals surface area contributed by atoms with E-state index in [0.717, 1.165) is 12.8 Å². The molecule has 84 valence electrons. The summed E-state index contributed by atoms with van der Waals surface area (Å²) in [5.41, 5.74) is 0. The second kappa shape index (κ2) is 5.48. The Balaban J connectivity index is 2.74. The van der Waals surface area contributed by atoms with E-state index in [0.29, 0.717) is 5.95 Å². The maximum Gasteiger partial charge on any atom is 0.224 e. The summed E-state index contributed by atoms with van der Waals surface area (Å²) in [5.74, 6) is 0.259. The van der Waals surface area contributed by atoms with Crippen LogP contribution in [0.1, 0.15) is 26.7 Å². The van der Waals surface area contributed by atoms with E-state index in [4.69, 9.17) is 0 Å². The summed E-state index contributed by atoms with van der Waals surface area (Å²) in [6.07, 6.45) is 3.21. The van der Waals surface area contributed by atoms with Crippen molar-refractivity contribution in [1.82, 2.24) is 9.97 Å². The molecule has 1 atom stereocenters. The first-order valence-electron chi connectivity index (χ1n) is 5.14. The van der Waals surface area contributed by atoms with E-state index in [2.05, 4.69) is 27.5 Å². The smallest absolute Gasteiger partial charge is 0.224 e. The van der Waals surface area contributed by atoms with Gasteiger partial charge in [0.2, 0.25) is 5.95 Å². The molecule has 0 saturated carbocycles. The Kier molecular flexibility index (Phi) is 4.27. The van der Waals surface area contributed by atoms with Crippen LogP contribution in [-0.4, -0.2) is 23.1 Å². The van der Waals surface area contributed by atoms with Gasteiger partial charge < -0.3 is 10.6 Å². The van der Waals surface area contributed by atoms with Gasteiger partial charge >= 0.3 is 0 Å². The van der Waals surface area contributed by atoms with Crippen LogP contribution in [0.5, 0.6) is 0 Å². The highest BCUT2D eigenvalue weighted by molar-refractivity contribution is 5.41. The van der Waals surface area contributed by atoms with Gasteiger partial charge in [-0.3, -0.25) is 0 Å². The molecule has 1 rings (SSSR count). The fourth-order valence-electron chi connectivity index (χ4n) is 1.33. The molecule has 1 aromatic heterocycles. The minimum atomic E-state index is -0.419. The zero-order valence-corrected chi connectivity index (χ0v) is 9.34. The first-order chi connectivity index (χ1) is 7.17. The molecule has 0 spiro atoms. The van der Waals surface area contributed by atoms with Crippen molar-refractivity contribution >= 4 is 11.8 Å². The van der Waals surface area contributed by atoms with Gasteiger partial charge in [-0.25, -0.2) is 9.37 Å². The van der Waals surface area contributed by atoms with E-state index in [9.17, 15) is 4.39 Å². The van der Waals surface area contributed by atoms with Crippen molar-refractivity contribution in [2.75, 3.05) is 17.7 Å². The predicted octanol–water partition coefficient (Wildman–Crippen LogP) is 2.26. The number of nitrogens with zero attached hydrogens (tertiary/aromatic N) is 2. The molecule has 0 aliphatic carbocycles. The second-order valence-corrected chi connectivity index (χ2v) is 3.47. The molecule has 0 aromatic carbocycles. The first kappa shape index (κ1) is 11.7. The van der Waals surface area contributed by atoms with E-state index in [1.807, 2.05) is 6.92 Å². The second-order valence-electron chi connectivity index (χ2n) is 3.47. The van der Waals surface area contributed by atoms with E-state index in [-0.39, 0.29) is 11.9 Å². The Morgan fingerprint density at radius 2 is 2.27 bits per heavy atom.